The summed E-state index contributed by atoms with van der Waals surface area (Å²) in [5, 5.41) is 20.1. The number of nitrogens with one attached hydrogen (secondary N) is 3. The van der Waals surface area contributed by atoms with Gasteiger partial charge in [-0.25, -0.2) is 4.98 Å². The number of carbonyl (C=O) groups excluding carboxylic acids is 1. The molecular formula is C32H40F3N7O2. The van der Waals surface area contributed by atoms with Crippen molar-refractivity contribution >= 4 is 17.7 Å². The molecule has 0 saturated heterocycles. The van der Waals surface area contributed by atoms with Crippen molar-refractivity contribution in [1.82, 2.24) is 15.3 Å². The summed E-state index contributed by atoms with van der Waals surface area (Å²) in [5.74, 6) is 2.82. The number of benzene rings is 1. The number of halogens is 3. The Morgan fingerprint density at radius 3 is 2.50 bits per heavy atom. The van der Waals surface area contributed by atoms with Crippen LogP contribution in [0.2, 0.25) is 0 Å². The number of primary amides is 1. The molecule has 0 aliphatic heterocycles. The molecule has 12 heteroatoms. The Balaban J connectivity index is 1.06. The van der Waals surface area contributed by atoms with Crippen LogP contribution in [0.4, 0.5) is 24.9 Å². The number of nitriles is 1. The zero-order valence-corrected chi connectivity index (χ0v) is 24.7. The summed E-state index contributed by atoms with van der Waals surface area (Å²) >= 11 is 0. The number of nitrogens with two attached hydrogens (primary N) is 1. The van der Waals surface area contributed by atoms with Crippen LogP contribution in [-0.2, 0) is 11.3 Å². The minimum Gasteiger partial charge on any atom is -0.405 e. The van der Waals surface area contributed by atoms with Crippen molar-refractivity contribution in [3.8, 4) is 11.8 Å². The normalized spacial score (nSPS) is 30.9. The lowest BCUT2D eigenvalue weighted by Crippen LogP contribution is -2.60. The summed E-state index contributed by atoms with van der Waals surface area (Å²) in [4.78, 5) is 20.3. The van der Waals surface area contributed by atoms with Crippen LogP contribution < -0.4 is 26.4 Å². The van der Waals surface area contributed by atoms with E-state index < -0.39 is 6.36 Å². The summed E-state index contributed by atoms with van der Waals surface area (Å²) in [5.41, 5.74) is 6.30. The van der Waals surface area contributed by atoms with Gasteiger partial charge < -0.3 is 26.4 Å². The van der Waals surface area contributed by atoms with Crippen LogP contribution in [0.15, 0.2) is 30.5 Å². The molecule has 5 fully saturated rings. The highest BCUT2D eigenvalue weighted by Crippen LogP contribution is 2.60. The van der Waals surface area contributed by atoms with Crippen LogP contribution in [0.3, 0.4) is 0 Å². The highest BCUT2D eigenvalue weighted by Gasteiger charge is 2.55. The predicted molar refractivity (Wildman–Crippen MR) is 158 cm³/mol. The van der Waals surface area contributed by atoms with Crippen LogP contribution >= 0.6 is 0 Å². The fourth-order valence-corrected chi connectivity index (χ4v) is 8.70. The number of nitrogens with zero attached hydrogens (tertiary/aromatic N) is 3. The summed E-state index contributed by atoms with van der Waals surface area (Å²) in [7, 11) is 0. The molecule has 9 nitrogen and oxygen atoms in total. The van der Waals surface area contributed by atoms with Gasteiger partial charge in [-0.3, -0.25) is 4.79 Å². The molecule has 1 amide bonds. The van der Waals surface area contributed by atoms with Crippen molar-refractivity contribution in [2.75, 3.05) is 23.7 Å². The van der Waals surface area contributed by atoms with E-state index in [-0.39, 0.29) is 35.5 Å². The summed E-state index contributed by atoms with van der Waals surface area (Å²) in [6.45, 7) is 1.75. The van der Waals surface area contributed by atoms with E-state index in [0.717, 1.165) is 51.0 Å². The molecule has 0 spiro atoms. The maximum atomic E-state index is 12.8. The second-order valence-corrected chi connectivity index (χ2v) is 13.5. The van der Waals surface area contributed by atoms with Crippen molar-refractivity contribution in [2.24, 2.45) is 40.7 Å². The summed E-state index contributed by atoms with van der Waals surface area (Å²) < 4.78 is 42.6. The van der Waals surface area contributed by atoms with E-state index in [4.69, 9.17) is 5.73 Å². The van der Waals surface area contributed by atoms with E-state index >= 15 is 0 Å². The van der Waals surface area contributed by atoms with E-state index in [2.05, 4.69) is 36.7 Å². The van der Waals surface area contributed by atoms with Gasteiger partial charge in [0, 0.05) is 30.6 Å². The highest BCUT2D eigenvalue weighted by molar-refractivity contribution is 5.76. The first-order chi connectivity index (χ1) is 21.1. The molecule has 1 aromatic heterocycles. The second kappa shape index (κ2) is 12.4. The number of amides is 1. The molecule has 5 saturated carbocycles. The van der Waals surface area contributed by atoms with Crippen molar-refractivity contribution < 1.29 is 22.7 Å². The molecule has 5 atom stereocenters. The number of hydrogen-bond donors (Lipinski definition) is 4. The van der Waals surface area contributed by atoms with Crippen molar-refractivity contribution in [3.05, 3.63) is 41.6 Å². The van der Waals surface area contributed by atoms with Crippen LogP contribution in [0, 0.1) is 46.3 Å². The minimum atomic E-state index is -4.79. The van der Waals surface area contributed by atoms with Crippen molar-refractivity contribution in [3.63, 3.8) is 0 Å². The van der Waals surface area contributed by atoms with Crippen molar-refractivity contribution in [1.29, 1.82) is 5.26 Å². The number of hydrogen-bond acceptors (Lipinski definition) is 8. The molecule has 3 unspecified atom stereocenters. The Morgan fingerprint density at radius 2 is 1.82 bits per heavy atom. The lowest BCUT2D eigenvalue weighted by molar-refractivity contribution is -0.274. The Hall–Kier alpha value is -3.59. The van der Waals surface area contributed by atoms with E-state index in [1.165, 1.54) is 37.6 Å². The van der Waals surface area contributed by atoms with Gasteiger partial charge in [0.15, 0.2) is 0 Å². The van der Waals surface area contributed by atoms with Gasteiger partial charge in [0.25, 0.3) is 0 Å². The van der Waals surface area contributed by atoms with Crippen LogP contribution in [-0.4, -0.2) is 41.4 Å². The monoisotopic (exact) mass is 611 g/mol. The zero-order valence-electron chi connectivity index (χ0n) is 24.7. The molecule has 1 heterocycles. The third-order valence-corrected chi connectivity index (χ3v) is 10.5. The summed E-state index contributed by atoms with van der Waals surface area (Å²) in [6.07, 6.45) is 6.52. The van der Waals surface area contributed by atoms with Crippen LogP contribution in [0.5, 0.6) is 5.75 Å². The number of rotatable bonds is 11. The number of alkyl halides is 3. The molecule has 5 aliphatic rings. The molecule has 7 rings (SSSR count). The third-order valence-electron chi connectivity index (χ3n) is 10.5. The molecule has 0 radical (unpaired) electrons. The number of ether oxygens (including phenoxy) is 1. The molecule has 4 bridgehead atoms. The van der Waals surface area contributed by atoms with Gasteiger partial charge in [0.2, 0.25) is 11.9 Å². The molecule has 236 valence electrons. The summed E-state index contributed by atoms with van der Waals surface area (Å²) in [6, 6.07) is 8.61. The Bertz CT molecular complexity index is 1370. The smallest absolute Gasteiger partial charge is 0.405 e. The Kier molecular flexibility index (Phi) is 8.59. The Labute approximate surface area is 255 Å². The van der Waals surface area contributed by atoms with Gasteiger partial charge >= 0.3 is 6.36 Å². The molecule has 44 heavy (non-hydrogen) atoms. The van der Waals surface area contributed by atoms with Crippen molar-refractivity contribution in [2.45, 2.75) is 76.7 Å². The zero-order chi connectivity index (χ0) is 30.9. The Morgan fingerprint density at radius 1 is 1.09 bits per heavy atom. The van der Waals surface area contributed by atoms with Gasteiger partial charge in [-0.05, 0) is 99.5 Å². The number of para-hydroxylation sites is 1. The van der Waals surface area contributed by atoms with E-state index in [1.54, 1.807) is 12.1 Å². The standard InChI is InChI=1S/C32H40F3N7O2/c33-32(34,35)44-26-4-2-1-3-22(26)16-39-30-40-17-25(14-36)29(42-30)41-18-31-11-20-9-23(12-31)27(24(10-20)13-31)38-15-19-5-7-21(8-6-19)28(37)43/h1-4,17,19-21,23-24,27,38H,5-13,15-16,18H2,(H2,37,43)(H2,39,40,41,42)/t19?,20?,21?,23-,24+,27?,31?. The van der Waals surface area contributed by atoms with Gasteiger partial charge in [0.1, 0.15) is 23.2 Å². The largest absolute Gasteiger partial charge is 0.573 e. The third kappa shape index (κ3) is 6.88. The van der Waals surface area contributed by atoms with Gasteiger partial charge in [-0.1, -0.05) is 18.2 Å². The first kappa shape index (κ1) is 30.4. The van der Waals surface area contributed by atoms with Gasteiger partial charge in [-0.2, -0.15) is 10.2 Å². The van der Waals surface area contributed by atoms with Crippen LogP contribution in [0.1, 0.15) is 68.9 Å². The molecular weight excluding hydrogens is 571 g/mol. The van der Waals surface area contributed by atoms with Gasteiger partial charge in [0.05, 0.1) is 6.20 Å². The fourth-order valence-electron chi connectivity index (χ4n) is 8.70. The topological polar surface area (TPSA) is 138 Å². The number of carbonyl (C=O) groups is 1. The molecule has 5 N–H and O–H groups in total. The average molecular weight is 612 g/mol. The lowest BCUT2D eigenvalue weighted by Gasteiger charge is -2.60. The number of aromatic nitrogens is 2. The van der Waals surface area contributed by atoms with E-state index in [9.17, 15) is 23.2 Å². The average Bonchev–Trinajstić information content (AvgIpc) is 2.98. The first-order valence-corrected chi connectivity index (χ1v) is 15.7. The predicted octanol–water partition coefficient (Wildman–Crippen LogP) is 5.35. The SMILES string of the molecule is N#Cc1cnc(NCc2ccccc2OC(F)(F)F)nc1NCC12CC3C[C@H](C1)C(NCC1CCC(C(N)=O)CC1)[C@@H](C3)C2. The fraction of sp³-hybridized carbons (Fsp3) is 0.625. The highest BCUT2D eigenvalue weighted by atomic mass is 19.4. The molecule has 2 aromatic rings. The number of anilines is 2. The molecule has 1 aromatic carbocycles. The maximum absolute atomic E-state index is 12.8. The maximum Gasteiger partial charge on any atom is 0.573 e. The van der Waals surface area contributed by atoms with E-state index in [0.29, 0.717) is 47.3 Å². The first-order valence-electron chi connectivity index (χ1n) is 15.7. The lowest BCUT2D eigenvalue weighted by atomic mass is 9.48. The second-order valence-electron chi connectivity index (χ2n) is 13.5. The quantitative estimate of drug-likeness (QED) is 0.267. The minimum absolute atomic E-state index is 0.0214. The molecule has 5 aliphatic carbocycles. The van der Waals surface area contributed by atoms with Gasteiger partial charge in [-0.15, -0.1) is 13.2 Å². The van der Waals surface area contributed by atoms with Crippen LogP contribution in [0.25, 0.3) is 0 Å². The van der Waals surface area contributed by atoms with E-state index in [1.807, 2.05) is 0 Å².